The van der Waals surface area contributed by atoms with E-state index < -0.39 is 5.97 Å². The average molecular weight is 266 g/mol. The van der Waals surface area contributed by atoms with Crippen LogP contribution in [-0.4, -0.2) is 11.1 Å². The monoisotopic (exact) mass is 266 g/mol. The fourth-order valence-electron chi connectivity index (χ4n) is 2.29. The summed E-state index contributed by atoms with van der Waals surface area (Å²) in [6.45, 7) is 4.11. The summed E-state index contributed by atoms with van der Waals surface area (Å²) in [5.41, 5.74) is 4.58. The molecule has 1 aromatic carbocycles. The predicted octanol–water partition coefficient (Wildman–Crippen LogP) is 4.21. The van der Waals surface area contributed by atoms with Crippen LogP contribution in [0, 0.1) is 13.8 Å². The number of aliphatic carboxylic acids is 1. The van der Waals surface area contributed by atoms with Crippen molar-refractivity contribution in [3.63, 3.8) is 0 Å². The van der Waals surface area contributed by atoms with Gasteiger partial charge in [-0.15, -0.1) is 0 Å². The second-order valence-electron chi connectivity index (χ2n) is 4.96. The van der Waals surface area contributed by atoms with Crippen molar-refractivity contribution in [3.05, 3.63) is 76.4 Å². The molecule has 0 aliphatic heterocycles. The Kier molecular flexibility index (Phi) is 4.36. The third-order valence-electron chi connectivity index (χ3n) is 3.11. The molecule has 1 N–H and O–H groups in total. The van der Waals surface area contributed by atoms with Crippen molar-refractivity contribution in [2.45, 2.75) is 20.3 Å². The number of allylic oxidation sites excluding steroid dienone is 5. The van der Waals surface area contributed by atoms with Gasteiger partial charge in [-0.3, -0.25) is 0 Å². The number of rotatable bonds is 3. The summed E-state index contributed by atoms with van der Waals surface area (Å²) in [4.78, 5) is 11.3. The van der Waals surface area contributed by atoms with Gasteiger partial charge in [0.15, 0.2) is 0 Å². The van der Waals surface area contributed by atoms with E-state index in [4.69, 9.17) is 0 Å². The van der Waals surface area contributed by atoms with Gasteiger partial charge in [0, 0.05) is 0 Å². The number of carboxylic acids is 1. The second kappa shape index (κ2) is 6.20. The zero-order valence-corrected chi connectivity index (χ0v) is 11.8. The Morgan fingerprint density at radius 3 is 2.50 bits per heavy atom. The first-order valence-corrected chi connectivity index (χ1v) is 6.63. The second-order valence-corrected chi connectivity index (χ2v) is 4.96. The highest BCUT2D eigenvalue weighted by Crippen LogP contribution is 2.19. The highest BCUT2D eigenvalue weighted by molar-refractivity contribution is 5.93. The van der Waals surface area contributed by atoms with Gasteiger partial charge < -0.3 is 5.11 Å². The van der Waals surface area contributed by atoms with Crippen LogP contribution in [0.2, 0.25) is 0 Å². The van der Waals surface area contributed by atoms with Gasteiger partial charge in [-0.25, -0.2) is 4.79 Å². The molecule has 2 rings (SSSR count). The lowest BCUT2D eigenvalue weighted by atomic mass is 10.0. The van der Waals surface area contributed by atoms with E-state index in [1.165, 1.54) is 11.1 Å². The van der Waals surface area contributed by atoms with Gasteiger partial charge in [0.2, 0.25) is 0 Å². The lowest BCUT2D eigenvalue weighted by Gasteiger charge is -2.03. The normalized spacial score (nSPS) is 14.9. The SMILES string of the molecule is Cc1cc(C)cc(/C=C/C2=CCC=CC=C2C(=O)O)c1. The van der Waals surface area contributed by atoms with Crippen molar-refractivity contribution in [3.8, 4) is 0 Å². The van der Waals surface area contributed by atoms with E-state index in [9.17, 15) is 9.90 Å². The van der Waals surface area contributed by atoms with Crippen molar-refractivity contribution in [2.24, 2.45) is 0 Å². The zero-order chi connectivity index (χ0) is 14.5. The Labute approximate surface area is 119 Å². The van der Waals surface area contributed by atoms with Gasteiger partial charge in [0.05, 0.1) is 5.57 Å². The predicted molar refractivity (Wildman–Crippen MR) is 82.5 cm³/mol. The van der Waals surface area contributed by atoms with Gasteiger partial charge in [-0.1, -0.05) is 59.7 Å². The molecular formula is C18H18O2. The van der Waals surface area contributed by atoms with Crippen LogP contribution in [0.1, 0.15) is 23.1 Å². The summed E-state index contributed by atoms with van der Waals surface area (Å²) < 4.78 is 0. The van der Waals surface area contributed by atoms with Crippen LogP contribution in [0.15, 0.2) is 59.7 Å². The van der Waals surface area contributed by atoms with Gasteiger partial charge in [-0.2, -0.15) is 0 Å². The fourth-order valence-corrected chi connectivity index (χ4v) is 2.29. The maximum Gasteiger partial charge on any atom is 0.336 e. The van der Waals surface area contributed by atoms with E-state index in [1.807, 2.05) is 24.3 Å². The minimum atomic E-state index is -0.895. The van der Waals surface area contributed by atoms with E-state index >= 15 is 0 Å². The summed E-state index contributed by atoms with van der Waals surface area (Å²) in [6.07, 6.45) is 11.9. The minimum absolute atomic E-state index is 0.333. The molecule has 1 aromatic rings. The molecule has 102 valence electrons. The quantitative estimate of drug-likeness (QED) is 0.889. The Morgan fingerprint density at radius 2 is 1.85 bits per heavy atom. The van der Waals surface area contributed by atoms with Gasteiger partial charge in [-0.05, 0) is 37.5 Å². The summed E-state index contributed by atoms with van der Waals surface area (Å²) in [7, 11) is 0. The van der Waals surface area contributed by atoms with Crippen LogP contribution in [0.5, 0.6) is 0 Å². The van der Waals surface area contributed by atoms with Crippen LogP contribution in [0.4, 0.5) is 0 Å². The van der Waals surface area contributed by atoms with Crippen molar-refractivity contribution in [2.75, 3.05) is 0 Å². The molecule has 0 amide bonds. The first-order chi connectivity index (χ1) is 9.56. The smallest absolute Gasteiger partial charge is 0.336 e. The molecule has 2 heteroatoms. The standard InChI is InChI=1S/C18H18O2/c1-13-10-14(2)12-15(11-13)8-9-16-6-4-3-5-7-17(16)18(19)20/h3,5-12H,4H2,1-2H3,(H,19,20)/b9-8+. The number of carboxylic acid groups (broad SMARTS) is 1. The molecule has 0 aromatic heterocycles. The van der Waals surface area contributed by atoms with Crippen molar-refractivity contribution >= 4 is 12.0 Å². The van der Waals surface area contributed by atoms with Crippen molar-refractivity contribution in [1.29, 1.82) is 0 Å². The first kappa shape index (κ1) is 14.1. The largest absolute Gasteiger partial charge is 0.478 e. The number of carbonyl (C=O) groups is 1. The molecular weight excluding hydrogens is 248 g/mol. The van der Waals surface area contributed by atoms with Crippen LogP contribution in [-0.2, 0) is 4.79 Å². The van der Waals surface area contributed by atoms with E-state index in [1.54, 1.807) is 12.2 Å². The number of hydrogen-bond donors (Lipinski definition) is 1. The summed E-state index contributed by atoms with van der Waals surface area (Å²) in [5.74, 6) is -0.895. The van der Waals surface area contributed by atoms with E-state index in [-0.39, 0.29) is 0 Å². The lowest BCUT2D eigenvalue weighted by Crippen LogP contribution is -2.01. The Balaban J connectivity index is 2.29. The van der Waals surface area contributed by atoms with Crippen LogP contribution in [0.25, 0.3) is 6.08 Å². The minimum Gasteiger partial charge on any atom is -0.478 e. The fraction of sp³-hybridized carbons (Fsp3) is 0.167. The molecule has 1 aliphatic carbocycles. The molecule has 0 heterocycles. The van der Waals surface area contributed by atoms with Crippen LogP contribution in [0.3, 0.4) is 0 Å². The maximum absolute atomic E-state index is 11.3. The summed E-state index contributed by atoms with van der Waals surface area (Å²) in [5, 5.41) is 9.24. The Morgan fingerprint density at radius 1 is 1.15 bits per heavy atom. The molecule has 0 spiro atoms. The Bertz CT molecular complexity index is 623. The Hall–Kier alpha value is -2.35. The van der Waals surface area contributed by atoms with E-state index in [0.29, 0.717) is 5.57 Å². The van der Waals surface area contributed by atoms with Gasteiger partial charge in [0.25, 0.3) is 0 Å². The van der Waals surface area contributed by atoms with Gasteiger partial charge in [0.1, 0.15) is 0 Å². The van der Waals surface area contributed by atoms with Crippen LogP contribution >= 0.6 is 0 Å². The van der Waals surface area contributed by atoms with Crippen LogP contribution < -0.4 is 0 Å². The molecule has 0 unspecified atom stereocenters. The maximum atomic E-state index is 11.3. The molecule has 0 radical (unpaired) electrons. The molecule has 0 saturated carbocycles. The molecule has 0 bridgehead atoms. The van der Waals surface area contributed by atoms with Gasteiger partial charge >= 0.3 is 5.97 Å². The third kappa shape index (κ3) is 3.58. The van der Waals surface area contributed by atoms with Crippen molar-refractivity contribution in [1.82, 2.24) is 0 Å². The topological polar surface area (TPSA) is 37.3 Å². The lowest BCUT2D eigenvalue weighted by molar-refractivity contribution is -0.132. The molecule has 0 fully saturated rings. The number of hydrogen-bond acceptors (Lipinski definition) is 1. The van der Waals surface area contributed by atoms with E-state index in [2.05, 4.69) is 32.0 Å². The number of benzene rings is 1. The van der Waals surface area contributed by atoms with E-state index in [0.717, 1.165) is 17.6 Å². The average Bonchev–Trinajstić information content (AvgIpc) is 2.60. The molecule has 0 saturated heterocycles. The highest BCUT2D eigenvalue weighted by atomic mass is 16.4. The summed E-state index contributed by atoms with van der Waals surface area (Å²) in [6, 6.07) is 6.29. The molecule has 1 aliphatic rings. The third-order valence-corrected chi connectivity index (χ3v) is 3.11. The highest BCUT2D eigenvalue weighted by Gasteiger charge is 2.10. The number of aryl methyl sites for hydroxylation is 2. The van der Waals surface area contributed by atoms with Crippen molar-refractivity contribution < 1.29 is 9.90 Å². The zero-order valence-electron chi connectivity index (χ0n) is 11.8. The molecule has 2 nitrogen and oxygen atoms in total. The molecule has 0 atom stereocenters. The molecule has 20 heavy (non-hydrogen) atoms. The summed E-state index contributed by atoms with van der Waals surface area (Å²) >= 11 is 0. The first-order valence-electron chi connectivity index (χ1n) is 6.63.